The molecule has 1 aromatic heterocycles. The van der Waals surface area contributed by atoms with Gasteiger partial charge >= 0.3 is 6.18 Å². The van der Waals surface area contributed by atoms with Gasteiger partial charge in [-0.05, 0) is 6.42 Å². The maximum Gasteiger partial charge on any atom is 0.415 e. The van der Waals surface area contributed by atoms with Gasteiger partial charge in [0, 0.05) is 26.1 Å². The lowest BCUT2D eigenvalue weighted by Gasteiger charge is -2.33. The van der Waals surface area contributed by atoms with E-state index in [9.17, 15) is 18.0 Å². The molecular formula is C12H17F3N4O2S. The molecule has 1 N–H and O–H groups in total. The minimum Gasteiger partial charge on any atom is -0.366 e. The van der Waals surface area contributed by atoms with Crippen LogP contribution in [0.25, 0.3) is 0 Å². The van der Waals surface area contributed by atoms with Crippen LogP contribution >= 0.6 is 11.3 Å². The molecule has 2 rings (SSSR count). The number of ether oxygens (including phenoxy) is 1. The Morgan fingerprint density at radius 1 is 1.50 bits per heavy atom. The molecule has 1 saturated heterocycles. The molecule has 0 spiro atoms. The van der Waals surface area contributed by atoms with E-state index in [-0.39, 0.29) is 32.0 Å². The van der Waals surface area contributed by atoms with Crippen molar-refractivity contribution in [2.24, 2.45) is 0 Å². The SMILES string of the molecule is CCc1nnc(NC(=O)CCN2CCO[C@H](C(F)(F)F)C2)s1. The zero-order valence-corrected chi connectivity index (χ0v) is 12.8. The van der Waals surface area contributed by atoms with Crippen molar-refractivity contribution in [3.63, 3.8) is 0 Å². The lowest BCUT2D eigenvalue weighted by Crippen LogP contribution is -2.49. The summed E-state index contributed by atoms with van der Waals surface area (Å²) in [6.45, 7) is 2.35. The number of hydrogen-bond acceptors (Lipinski definition) is 6. The summed E-state index contributed by atoms with van der Waals surface area (Å²) in [6.07, 6.45) is -5.31. The number of carbonyl (C=O) groups is 1. The highest BCUT2D eigenvalue weighted by Crippen LogP contribution is 2.25. The number of anilines is 1. The molecule has 0 aromatic carbocycles. The second-order valence-electron chi connectivity index (χ2n) is 4.85. The number of hydrogen-bond donors (Lipinski definition) is 1. The van der Waals surface area contributed by atoms with Gasteiger partial charge in [0.2, 0.25) is 11.0 Å². The number of halogens is 3. The monoisotopic (exact) mass is 338 g/mol. The van der Waals surface area contributed by atoms with E-state index in [2.05, 4.69) is 15.5 Å². The third-order valence-corrected chi connectivity index (χ3v) is 4.17. The lowest BCUT2D eigenvalue weighted by molar-refractivity contribution is -0.237. The van der Waals surface area contributed by atoms with Crippen LogP contribution in [-0.4, -0.2) is 59.5 Å². The first-order chi connectivity index (χ1) is 10.4. The molecule has 124 valence electrons. The summed E-state index contributed by atoms with van der Waals surface area (Å²) >= 11 is 1.29. The van der Waals surface area contributed by atoms with Gasteiger partial charge in [0.25, 0.3) is 0 Å². The first kappa shape index (κ1) is 17.1. The largest absolute Gasteiger partial charge is 0.415 e. The first-order valence-electron chi connectivity index (χ1n) is 6.91. The fraction of sp³-hybridized carbons (Fsp3) is 0.750. The molecule has 10 heteroatoms. The maximum absolute atomic E-state index is 12.6. The average Bonchev–Trinajstić information content (AvgIpc) is 2.92. The number of nitrogens with zero attached hydrogens (tertiary/aromatic N) is 3. The van der Waals surface area contributed by atoms with Gasteiger partial charge in [-0.1, -0.05) is 18.3 Å². The molecule has 1 aliphatic heterocycles. The summed E-state index contributed by atoms with van der Waals surface area (Å²) in [6, 6.07) is 0. The van der Waals surface area contributed by atoms with Gasteiger partial charge in [0.05, 0.1) is 6.61 Å². The van der Waals surface area contributed by atoms with E-state index in [1.165, 1.54) is 11.3 Å². The summed E-state index contributed by atoms with van der Waals surface area (Å²) in [7, 11) is 0. The Kier molecular flexibility index (Phi) is 5.70. The van der Waals surface area contributed by atoms with Crippen molar-refractivity contribution in [3.8, 4) is 0 Å². The molecule has 1 fully saturated rings. The number of morpholine rings is 1. The number of carbonyl (C=O) groups excluding carboxylic acids is 1. The Hall–Kier alpha value is -1.26. The van der Waals surface area contributed by atoms with Crippen molar-refractivity contribution in [2.75, 3.05) is 31.6 Å². The van der Waals surface area contributed by atoms with Crippen molar-refractivity contribution in [2.45, 2.75) is 32.0 Å². The molecule has 1 aromatic rings. The fourth-order valence-electron chi connectivity index (χ4n) is 1.99. The number of aromatic nitrogens is 2. The highest BCUT2D eigenvalue weighted by Gasteiger charge is 2.43. The van der Waals surface area contributed by atoms with Crippen LogP contribution in [0.5, 0.6) is 0 Å². The van der Waals surface area contributed by atoms with Gasteiger partial charge in [-0.25, -0.2) is 0 Å². The normalized spacial score (nSPS) is 20.1. The number of nitrogens with one attached hydrogen (secondary N) is 1. The van der Waals surface area contributed by atoms with E-state index in [0.717, 1.165) is 11.4 Å². The number of amides is 1. The molecule has 2 heterocycles. The molecule has 22 heavy (non-hydrogen) atoms. The number of aryl methyl sites for hydroxylation is 1. The molecule has 6 nitrogen and oxygen atoms in total. The highest BCUT2D eigenvalue weighted by atomic mass is 32.1. The Morgan fingerprint density at radius 2 is 2.27 bits per heavy atom. The molecule has 0 aliphatic carbocycles. The van der Waals surface area contributed by atoms with E-state index >= 15 is 0 Å². The topological polar surface area (TPSA) is 67.4 Å². The second-order valence-corrected chi connectivity index (χ2v) is 5.92. The molecular weight excluding hydrogens is 321 g/mol. The van der Waals surface area contributed by atoms with Crippen molar-refractivity contribution in [1.82, 2.24) is 15.1 Å². The zero-order chi connectivity index (χ0) is 16.2. The minimum absolute atomic E-state index is 0.0159. The van der Waals surface area contributed by atoms with Crippen molar-refractivity contribution >= 4 is 22.4 Å². The third-order valence-electron chi connectivity index (χ3n) is 3.19. The van der Waals surface area contributed by atoms with Gasteiger partial charge < -0.3 is 10.1 Å². The maximum atomic E-state index is 12.6. The second kappa shape index (κ2) is 7.34. The lowest BCUT2D eigenvalue weighted by atomic mass is 10.2. The van der Waals surface area contributed by atoms with Crippen LogP contribution in [0.4, 0.5) is 18.3 Å². The summed E-state index contributed by atoms with van der Waals surface area (Å²) in [5, 5.41) is 11.5. The molecule has 0 saturated carbocycles. The molecule has 1 amide bonds. The molecule has 1 aliphatic rings. The summed E-state index contributed by atoms with van der Waals surface area (Å²) in [5.41, 5.74) is 0. The number of rotatable bonds is 5. The van der Waals surface area contributed by atoms with Crippen LogP contribution in [0.2, 0.25) is 0 Å². The predicted octanol–water partition coefficient (Wildman–Crippen LogP) is 1.69. The Balaban J connectivity index is 1.76. The minimum atomic E-state index is -4.37. The van der Waals surface area contributed by atoms with E-state index in [1.54, 1.807) is 4.90 Å². The number of alkyl halides is 3. The summed E-state index contributed by atoms with van der Waals surface area (Å²) < 4.78 is 42.5. The Bertz CT molecular complexity index is 509. The van der Waals surface area contributed by atoms with Gasteiger partial charge in [-0.15, -0.1) is 10.2 Å². The van der Waals surface area contributed by atoms with Crippen LogP contribution in [0.3, 0.4) is 0 Å². The van der Waals surface area contributed by atoms with Gasteiger partial charge in [0.1, 0.15) is 5.01 Å². The highest BCUT2D eigenvalue weighted by molar-refractivity contribution is 7.15. The average molecular weight is 338 g/mol. The van der Waals surface area contributed by atoms with Crippen LogP contribution < -0.4 is 5.32 Å². The van der Waals surface area contributed by atoms with Gasteiger partial charge in [0.15, 0.2) is 6.10 Å². The Labute approximate surface area is 129 Å². The fourth-order valence-corrected chi connectivity index (χ4v) is 2.69. The van der Waals surface area contributed by atoms with Crippen molar-refractivity contribution in [1.29, 1.82) is 0 Å². The van der Waals surface area contributed by atoms with Gasteiger partial charge in [-0.2, -0.15) is 13.2 Å². The van der Waals surface area contributed by atoms with E-state index < -0.39 is 12.3 Å². The summed E-state index contributed by atoms with van der Waals surface area (Å²) in [5.74, 6) is -0.283. The van der Waals surface area contributed by atoms with E-state index in [4.69, 9.17) is 4.74 Å². The van der Waals surface area contributed by atoms with Crippen LogP contribution in [-0.2, 0) is 16.0 Å². The smallest absolute Gasteiger partial charge is 0.366 e. The zero-order valence-electron chi connectivity index (χ0n) is 12.0. The van der Waals surface area contributed by atoms with Crippen LogP contribution in [0.15, 0.2) is 0 Å². The predicted molar refractivity (Wildman–Crippen MR) is 74.8 cm³/mol. The first-order valence-corrected chi connectivity index (χ1v) is 7.73. The van der Waals surface area contributed by atoms with Crippen LogP contribution in [0, 0.1) is 0 Å². The summed E-state index contributed by atoms with van der Waals surface area (Å²) in [4.78, 5) is 13.4. The quantitative estimate of drug-likeness (QED) is 0.885. The Morgan fingerprint density at radius 3 is 2.91 bits per heavy atom. The van der Waals surface area contributed by atoms with E-state index in [0.29, 0.717) is 11.7 Å². The van der Waals surface area contributed by atoms with Gasteiger partial charge in [-0.3, -0.25) is 9.69 Å². The molecule has 0 bridgehead atoms. The molecule has 0 radical (unpaired) electrons. The van der Waals surface area contributed by atoms with E-state index in [1.807, 2.05) is 6.92 Å². The molecule has 0 unspecified atom stereocenters. The van der Waals surface area contributed by atoms with Crippen LogP contribution in [0.1, 0.15) is 18.4 Å². The molecule has 1 atom stereocenters. The van der Waals surface area contributed by atoms with Crippen molar-refractivity contribution in [3.05, 3.63) is 5.01 Å². The standard InChI is InChI=1S/C12H17F3N4O2S/c1-2-10-17-18-11(22-10)16-9(20)3-4-19-5-6-21-8(7-19)12(13,14)15/h8H,2-7H2,1H3,(H,16,18,20)/t8-/m0/s1. The third kappa shape index (κ3) is 4.89. The van der Waals surface area contributed by atoms with Crippen molar-refractivity contribution < 1.29 is 22.7 Å².